The van der Waals surface area contributed by atoms with E-state index in [1.165, 1.54) is 25.7 Å². The molecule has 2 aliphatic rings. The Morgan fingerprint density at radius 2 is 1.94 bits per heavy atom. The maximum atomic E-state index is 12.2. The number of nitrogens with one attached hydrogen (secondary N) is 1. The first-order valence-corrected chi connectivity index (χ1v) is 7.47. The lowest BCUT2D eigenvalue weighted by molar-refractivity contribution is -0.132. The lowest BCUT2D eigenvalue weighted by Gasteiger charge is -2.34. The maximum Gasteiger partial charge on any atom is 0.239 e. The van der Waals surface area contributed by atoms with E-state index in [9.17, 15) is 4.79 Å². The molecule has 4 nitrogen and oxygen atoms in total. The van der Waals surface area contributed by atoms with Crippen molar-refractivity contribution >= 4 is 5.91 Å². The fraction of sp³-hybridized carbons (Fsp3) is 0.929. The number of carbonyl (C=O) groups excluding carboxylic acids is 1. The zero-order valence-electron chi connectivity index (χ0n) is 11.5. The van der Waals surface area contributed by atoms with Crippen molar-refractivity contribution in [3.63, 3.8) is 0 Å². The Hall–Kier alpha value is -0.610. The summed E-state index contributed by atoms with van der Waals surface area (Å²) in [6.45, 7) is 4.62. The normalized spacial score (nSPS) is 30.4. The number of carbonyl (C=O) groups is 1. The number of hydrogen-bond acceptors (Lipinski definition) is 3. The molecule has 1 saturated carbocycles. The van der Waals surface area contributed by atoms with Gasteiger partial charge in [-0.15, -0.1) is 0 Å². The molecule has 1 aliphatic carbocycles. The van der Waals surface area contributed by atoms with Crippen LogP contribution in [0.15, 0.2) is 0 Å². The molecule has 4 heteroatoms. The van der Waals surface area contributed by atoms with E-state index in [2.05, 4.69) is 5.32 Å². The third-order valence-corrected chi connectivity index (χ3v) is 4.46. The van der Waals surface area contributed by atoms with Crippen LogP contribution in [-0.4, -0.2) is 42.5 Å². The van der Waals surface area contributed by atoms with Gasteiger partial charge in [0.1, 0.15) is 0 Å². The zero-order chi connectivity index (χ0) is 13.0. The van der Waals surface area contributed by atoms with Crippen molar-refractivity contribution in [3.05, 3.63) is 0 Å². The third kappa shape index (κ3) is 3.23. The van der Waals surface area contributed by atoms with Gasteiger partial charge in [0.25, 0.3) is 0 Å². The summed E-state index contributed by atoms with van der Waals surface area (Å²) in [4.78, 5) is 14.2. The molecule has 3 unspecified atom stereocenters. The molecule has 1 heterocycles. The lowest BCUT2D eigenvalue weighted by Crippen LogP contribution is -2.51. The molecule has 104 valence electrons. The summed E-state index contributed by atoms with van der Waals surface area (Å²) in [7, 11) is 0. The highest BCUT2D eigenvalue weighted by molar-refractivity contribution is 5.81. The summed E-state index contributed by atoms with van der Waals surface area (Å²) in [5.74, 6) is 0.821. The fourth-order valence-corrected chi connectivity index (χ4v) is 3.31. The lowest BCUT2D eigenvalue weighted by atomic mass is 9.84. The van der Waals surface area contributed by atoms with Crippen molar-refractivity contribution in [2.24, 2.45) is 11.7 Å². The Bertz CT molecular complexity index is 276. The molecule has 0 spiro atoms. The van der Waals surface area contributed by atoms with Crippen LogP contribution in [-0.2, 0) is 4.79 Å². The highest BCUT2D eigenvalue weighted by atomic mass is 16.2. The average molecular weight is 253 g/mol. The van der Waals surface area contributed by atoms with Crippen LogP contribution in [0.3, 0.4) is 0 Å². The minimum atomic E-state index is -0.0553. The maximum absolute atomic E-state index is 12.2. The average Bonchev–Trinajstić information content (AvgIpc) is 2.92. The number of nitrogens with two attached hydrogens (primary N) is 1. The second kappa shape index (κ2) is 6.53. The van der Waals surface area contributed by atoms with Crippen molar-refractivity contribution in [1.82, 2.24) is 10.2 Å². The molecule has 18 heavy (non-hydrogen) atoms. The summed E-state index contributed by atoms with van der Waals surface area (Å²) in [6.07, 6.45) is 7.24. The quantitative estimate of drug-likeness (QED) is 0.789. The SMILES string of the molecule is CC(NC1CCCCC1CN)C(=O)N1CCCC1. The molecule has 0 radical (unpaired) electrons. The van der Waals surface area contributed by atoms with Gasteiger partial charge in [0.2, 0.25) is 5.91 Å². The Labute approximate surface area is 110 Å². The largest absolute Gasteiger partial charge is 0.341 e. The van der Waals surface area contributed by atoms with Crippen LogP contribution >= 0.6 is 0 Å². The van der Waals surface area contributed by atoms with Gasteiger partial charge in [0.15, 0.2) is 0 Å². The number of hydrogen-bond donors (Lipinski definition) is 2. The highest BCUT2D eigenvalue weighted by Crippen LogP contribution is 2.24. The number of rotatable bonds is 4. The summed E-state index contributed by atoms with van der Waals surface area (Å²) in [6, 6.07) is 0.380. The standard InChI is InChI=1S/C14H27N3O/c1-11(14(18)17-8-4-5-9-17)16-13-7-3-2-6-12(13)10-15/h11-13,16H,2-10,15H2,1H3. The molecule has 3 N–H and O–H groups in total. The van der Waals surface area contributed by atoms with Crippen molar-refractivity contribution in [1.29, 1.82) is 0 Å². The van der Waals surface area contributed by atoms with Gasteiger partial charge in [0, 0.05) is 19.1 Å². The van der Waals surface area contributed by atoms with E-state index >= 15 is 0 Å². The Balaban J connectivity index is 1.84. The molecule has 0 aromatic rings. The van der Waals surface area contributed by atoms with Gasteiger partial charge in [-0.2, -0.15) is 0 Å². The Kier molecular flexibility index (Phi) is 5.01. The second-order valence-electron chi connectivity index (χ2n) is 5.81. The third-order valence-electron chi connectivity index (χ3n) is 4.46. The summed E-state index contributed by atoms with van der Waals surface area (Å²) in [5, 5.41) is 3.53. The number of amides is 1. The van der Waals surface area contributed by atoms with Gasteiger partial charge in [0.05, 0.1) is 6.04 Å². The van der Waals surface area contributed by atoms with Gasteiger partial charge >= 0.3 is 0 Å². The predicted molar refractivity (Wildman–Crippen MR) is 73.2 cm³/mol. The summed E-state index contributed by atoms with van der Waals surface area (Å²) >= 11 is 0. The zero-order valence-corrected chi connectivity index (χ0v) is 11.5. The van der Waals surface area contributed by atoms with Crippen molar-refractivity contribution < 1.29 is 4.79 Å². The number of nitrogens with zero attached hydrogens (tertiary/aromatic N) is 1. The molecule has 1 saturated heterocycles. The molecular weight excluding hydrogens is 226 g/mol. The second-order valence-corrected chi connectivity index (χ2v) is 5.81. The molecule has 0 aromatic carbocycles. The Morgan fingerprint density at radius 1 is 1.28 bits per heavy atom. The molecule has 2 fully saturated rings. The first-order valence-electron chi connectivity index (χ1n) is 7.47. The first-order chi connectivity index (χ1) is 8.72. The first kappa shape index (κ1) is 13.8. The van der Waals surface area contributed by atoms with Crippen molar-refractivity contribution in [2.75, 3.05) is 19.6 Å². The topological polar surface area (TPSA) is 58.4 Å². The van der Waals surface area contributed by atoms with E-state index in [0.717, 1.165) is 32.5 Å². The van der Waals surface area contributed by atoms with Crippen LogP contribution in [0.2, 0.25) is 0 Å². The van der Waals surface area contributed by atoms with Gasteiger partial charge in [-0.25, -0.2) is 0 Å². The van der Waals surface area contributed by atoms with Crippen LogP contribution < -0.4 is 11.1 Å². The van der Waals surface area contributed by atoms with Gasteiger partial charge in [-0.3, -0.25) is 4.79 Å². The van der Waals surface area contributed by atoms with E-state index < -0.39 is 0 Å². The molecule has 1 amide bonds. The highest BCUT2D eigenvalue weighted by Gasteiger charge is 2.29. The van der Waals surface area contributed by atoms with E-state index in [4.69, 9.17) is 5.73 Å². The molecule has 1 aliphatic heterocycles. The Morgan fingerprint density at radius 3 is 2.61 bits per heavy atom. The van der Waals surface area contributed by atoms with Crippen LogP contribution in [0, 0.1) is 5.92 Å². The van der Waals surface area contributed by atoms with E-state index in [1.54, 1.807) is 0 Å². The van der Waals surface area contributed by atoms with Gasteiger partial charge < -0.3 is 16.0 Å². The predicted octanol–water partition coefficient (Wildman–Crippen LogP) is 1.10. The van der Waals surface area contributed by atoms with E-state index in [-0.39, 0.29) is 11.9 Å². The minimum absolute atomic E-state index is 0.0553. The summed E-state index contributed by atoms with van der Waals surface area (Å²) in [5.41, 5.74) is 5.83. The van der Waals surface area contributed by atoms with Crippen LogP contribution in [0.25, 0.3) is 0 Å². The van der Waals surface area contributed by atoms with Gasteiger partial charge in [-0.05, 0) is 45.1 Å². The smallest absolute Gasteiger partial charge is 0.239 e. The van der Waals surface area contributed by atoms with Crippen LogP contribution in [0.1, 0.15) is 45.4 Å². The molecular formula is C14H27N3O. The summed E-state index contributed by atoms with van der Waals surface area (Å²) < 4.78 is 0. The van der Waals surface area contributed by atoms with Crippen molar-refractivity contribution in [2.45, 2.75) is 57.5 Å². The van der Waals surface area contributed by atoms with Crippen LogP contribution in [0.5, 0.6) is 0 Å². The van der Waals surface area contributed by atoms with E-state index in [1.807, 2.05) is 11.8 Å². The number of likely N-dealkylation sites (tertiary alicyclic amines) is 1. The van der Waals surface area contributed by atoms with Crippen LogP contribution in [0.4, 0.5) is 0 Å². The van der Waals surface area contributed by atoms with Gasteiger partial charge in [-0.1, -0.05) is 12.8 Å². The molecule has 3 atom stereocenters. The molecule has 2 rings (SSSR count). The molecule has 0 bridgehead atoms. The van der Waals surface area contributed by atoms with E-state index in [0.29, 0.717) is 12.0 Å². The fourth-order valence-electron chi connectivity index (χ4n) is 3.31. The molecule has 0 aromatic heterocycles. The van der Waals surface area contributed by atoms with Crippen molar-refractivity contribution in [3.8, 4) is 0 Å². The monoisotopic (exact) mass is 253 g/mol. The minimum Gasteiger partial charge on any atom is -0.341 e.